The molecular formula is C67H37N9. The zero-order chi connectivity index (χ0) is 51.3. The molecular weight excluding hydrogens is 931 g/mol. The molecule has 10 aromatic carbocycles. The van der Waals surface area contributed by atoms with Gasteiger partial charge in [0, 0.05) is 43.9 Å². The Labute approximate surface area is 436 Å². The molecule has 0 amide bonds. The highest BCUT2D eigenvalue weighted by atomic mass is 15.1. The maximum Gasteiger partial charge on any atom is 0.166 e. The van der Waals surface area contributed by atoms with E-state index in [1.807, 2.05) is 78.9 Å². The van der Waals surface area contributed by atoms with Gasteiger partial charge in [0.25, 0.3) is 0 Å². The SMILES string of the molecule is N#Cc1cc(C#N)cc(-c2ccc3c4ccc(-c5cc(C#N)cc(C#N)c5)cc4n(-c4ccc(-c5ccc6c(c5)c5ccccc5n6-c5ccccc5)cc4-c4nc(-c5ccccc5)nc(-c5ccccc5)n4)c3c2)c1. The lowest BCUT2D eigenvalue weighted by Gasteiger charge is -2.17. The summed E-state index contributed by atoms with van der Waals surface area (Å²) in [6.45, 7) is 0. The third-order valence-corrected chi connectivity index (χ3v) is 14.0. The largest absolute Gasteiger partial charge is 0.309 e. The van der Waals surface area contributed by atoms with Gasteiger partial charge in [-0.05, 0) is 124 Å². The minimum atomic E-state index is 0.384. The fourth-order valence-corrected chi connectivity index (χ4v) is 10.5. The van der Waals surface area contributed by atoms with Crippen LogP contribution in [0.4, 0.5) is 0 Å². The van der Waals surface area contributed by atoms with Crippen LogP contribution in [0.1, 0.15) is 22.3 Å². The van der Waals surface area contributed by atoms with Crippen LogP contribution in [0.5, 0.6) is 0 Å². The number of nitrogens with zero attached hydrogens (tertiary/aromatic N) is 9. The zero-order valence-corrected chi connectivity index (χ0v) is 40.4. The van der Waals surface area contributed by atoms with Gasteiger partial charge < -0.3 is 9.13 Å². The van der Waals surface area contributed by atoms with Crippen molar-refractivity contribution in [2.24, 2.45) is 0 Å². The Balaban J connectivity index is 1.12. The molecule has 0 atom stereocenters. The Morgan fingerprint density at radius 2 is 0.697 bits per heavy atom. The first-order valence-corrected chi connectivity index (χ1v) is 24.6. The maximum atomic E-state index is 10.0. The Morgan fingerprint density at radius 1 is 0.276 bits per heavy atom. The molecule has 0 spiro atoms. The van der Waals surface area contributed by atoms with Gasteiger partial charge in [-0.3, -0.25) is 0 Å². The van der Waals surface area contributed by atoms with E-state index in [9.17, 15) is 21.0 Å². The van der Waals surface area contributed by atoms with Crippen LogP contribution in [0.15, 0.2) is 224 Å². The average Bonchev–Trinajstić information content (AvgIpc) is 4.04. The summed E-state index contributed by atoms with van der Waals surface area (Å²) in [5.74, 6) is 1.48. The maximum absolute atomic E-state index is 10.0. The summed E-state index contributed by atoms with van der Waals surface area (Å²) in [6, 6.07) is 83.6. The molecule has 0 aliphatic rings. The third kappa shape index (κ3) is 7.75. The standard InChI is InChI=1S/C67H37N9/c68-38-42-28-43(39-69)31-52(30-42)50-20-24-56-57-25-21-51(53-32-44(40-70)29-45(33-53)41-71)37-64(57)76(63(56)36-50)62-27-23-49(48-22-26-61-58(34-48)55-18-10-11-19-60(55)75(61)54-16-8-3-9-17-54)35-59(62)67-73-65(46-12-4-1-5-13-46)72-66(74-67)47-14-6-2-7-15-47/h1-37H. The van der Waals surface area contributed by atoms with Crippen LogP contribution in [0.3, 0.4) is 0 Å². The van der Waals surface area contributed by atoms with Gasteiger partial charge >= 0.3 is 0 Å². The van der Waals surface area contributed by atoms with Crippen LogP contribution in [-0.2, 0) is 0 Å². The molecule has 76 heavy (non-hydrogen) atoms. The Hall–Kier alpha value is -11.2. The lowest BCUT2D eigenvalue weighted by Crippen LogP contribution is -2.04. The normalized spacial score (nSPS) is 11.1. The highest BCUT2D eigenvalue weighted by molar-refractivity contribution is 6.13. The molecule has 9 nitrogen and oxygen atoms in total. The molecule has 350 valence electrons. The Morgan fingerprint density at radius 3 is 1.24 bits per heavy atom. The summed E-state index contributed by atoms with van der Waals surface area (Å²) < 4.78 is 4.53. The molecule has 0 saturated carbocycles. The van der Waals surface area contributed by atoms with Gasteiger partial charge in [0.05, 0.1) is 74.3 Å². The highest BCUT2D eigenvalue weighted by Gasteiger charge is 2.23. The second-order valence-corrected chi connectivity index (χ2v) is 18.5. The fraction of sp³-hybridized carbons (Fsp3) is 0. The molecule has 3 aromatic heterocycles. The summed E-state index contributed by atoms with van der Waals surface area (Å²) >= 11 is 0. The predicted octanol–water partition coefficient (Wildman–Crippen LogP) is 15.6. The van der Waals surface area contributed by atoms with E-state index in [4.69, 9.17) is 15.0 Å². The summed E-state index contributed by atoms with van der Waals surface area (Å²) in [5, 5.41) is 44.3. The molecule has 0 fully saturated rings. The number of para-hydroxylation sites is 2. The number of aromatic nitrogens is 5. The van der Waals surface area contributed by atoms with Crippen molar-refractivity contribution in [1.82, 2.24) is 24.1 Å². The summed E-state index contributed by atoms with van der Waals surface area (Å²) in [6.07, 6.45) is 0. The van der Waals surface area contributed by atoms with Crippen molar-refractivity contribution in [3.05, 3.63) is 247 Å². The fourth-order valence-electron chi connectivity index (χ4n) is 10.5. The van der Waals surface area contributed by atoms with E-state index in [-0.39, 0.29) is 0 Å². The van der Waals surface area contributed by atoms with Crippen molar-refractivity contribution in [2.75, 3.05) is 0 Å². The zero-order valence-electron chi connectivity index (χ0n) is 40.4. The van der Waals surface area contributed by atoms with Gasteiger partial charge in [-0.2, -0.15) is 21.0 Å². The van der Waals surface area contributed by atoms with Gasteiger partial charge in [0.2, 0.25) is 0 Å². The summed E-state index contributed by atoms with van der Waals surface area (Å²) in [4.78, 5) is 15.8. The number of benzene rings is 10. The second kappa shape index (κ2) is 18.4. The van der Waals surface area contributed by atoms with Crippen LogP contribution in [0.25, 0.3) is 123 Å². The Bertz CT molecular complexity index is 4420. The smallest absolute Gasteiger partial charge is 0.166 e. The Kier molecular flexibility index (Phi) is 10.8. The van der Waals surface area contributed by atoms with Crippen LogP contribution in [-0.4, -0.2) is 24.1 Å². The summed E-state index contributed by atoms with van der Waals surface area (Å²) in [7, 11) is 0. The van der Waals surface area contributed by atoms with E-state index in [1.165, 1.54) is 0 Å². The van der Waals surface area contributed by atoms with Gasteiger partial charge in [-0.1, -0.05) is 133 Å². The average molecular weight is 968 g/mol. The van der Waals surface area contributed by atoms with Crippen molar-refractivity contribution in [3.63, 3.8) is 0 Å². The number of nitriles is 4. The molecule has 0 aliphatic heterocycles. The highest BCUT2D eigenvalue weighted by Crippen LogP contribution is 2.42. The monoisotopic (exact) mass is 967 g/mol. The van der Waals surface area contributed by atoms with Crippen LogP contribution < -0.4 is 0 Å². The molecule has 13 rings (SSSR count). The molecule has 0 aliphatic carbocycles. The molecule has 0 unspecified atom stereocenters. The van der Waals surface area contributed by atoms with Crippen LogP contribution >= 0.6 is 0 Å². The lowest BCUT2D eigenvalue weighted by molar-refractivity contribution is 1.06. The first-order valence-electron chi connectivity index (χ1n) is 24.6. The predicted molar refractivity (Wildman–Crippen MR) is 300 cm³/mol. The van der Waals surface area contributed by atoms with Crippen LogP contribution in [0.2, 0.25) is 0 Å². The number of rotatable bonds is 8. The van der Waals surface area contributed by atoms with E-state index < -0.39 is 0 Å². The van der Waals surface area contributed by atoms with Crippen molar-refractivity contribution in [1.29, 1.82) is 21.0 Å². The van der Waals surface area contributed by atoms with E-state index in [1.54, 1.807) is 36.4 Å². The van der Waals surface area contributed by atoms with Crippen molar-refractivity contribution >= 4 is 43.6 Å². The second-order valence-electron chi connectivity index (χ2n) is 18.5. The topological polar surface area (TPSA) is 144 Å². The van der Waals surface area contributed by atoms with Gasteiger partial charge in [-0.25, -0.2) is 15.0 Å². The minimum absolute atomic E-state index is 0.384. The molecule has 0 saturated heterocycles. The first-order chi connectivity index (χ1) is 37.4. The molecule has 0 radical (unpaired) electrons. The molecule has 13 aromatic rings. The van der Waals surface area contributed by atoms with Gasteiger partial charge in [-0.15, -0.1) is 0 Å². The molecule has 0 bridgehead atoms. The van der Waals surface area contributed by atoms with Crippen molar-refractivity contribution in [3.8, 4) is 103 Å². The van der Waals surface area contributed by atoms with Gasteiger partial charge in [0.15, 0.2) is 17.5 Å². The minimum Gasteiger partial charge on any atom is -0.309 e. The van der Waals surface area contributed by atoms with E-state index >= 15 is 0 Å². The van der Waals surface area contributed by atoms with Crippen molar-refractivity contribution < 1.29 is 0 Å². The number of hydrogen-bond donors (Lipinski definition) is 0. The van der Waals surface area contributed by atoms with E-state index in [0.717, 1.165) is 105 Å². The number of fused-ring (bicyclic) bond motifs is 6. The lowest BCUT2D eigenvalue weighted by atomic mass is 9.98. The van der Waals surface area contributed by atoms with E-state index in [0.29, 0.717) is 39.7 Å². The van der Waals surface area contributed by atoms with Crippen LogP contribution in [0, 0.1) is 45.3 Å². The first kappa shape index (κ1) is 44.7. The van der Waals surface area contributed by atoms with Crippen molar-refractivity contribution in [2.45, 2.75) is 0 Å². The third-order valence-electron chi connectivity index (χ3n) is 14.0. The summed E-state index contributed by atoms with van der Waals surface area (Å²) in [5.41, 5.74) is 14.7. The van der Waals surface area contributed by atoms with Gasteiger partial charge in [0.1, 0.15) is 0 Å². The molecule has 0 N–H and O–H groups in total. The molecule has 3 heterocycles. The number of hydrogen-bond acceptors (Lipinski definition) is 7. The quantitative estimate of drug-likeness (QED) is 0.147. The molecule has 9 heteroatoms. The van der Waals surface area contributed by atoms with E-state index in [2.05, 4.69) is 143 Å².